The van der Waals surface area contributed by atoms with E-state index in [-0.39, 0.29) is 0 Å². The molecule has 0 N–H and O–H groups in total. The van der Waals surface area contributed by atoms with Crippen molar-refractivity contribution < 1.29 is 4.42 Å². The zero-order valence-electron chi connectivity index (χ0n) is 25.6. The van der Waals surface area contributed by atoms with Crippen molar-refractivity contribution in [3.05, 3.63) is 170 Å². The molecule has 1 nitrogen and oxygen atoms in total. The van der Waals surface area contributed by atoms with E-state index in [4.69, 9.17) is 4.42 Å². The van der Waals surface area contributed by atoms with E-state index in [1.165, 1.54) is 71.1 Å². The smallest absolute Gasteiger partial charge is 0.143 e. The monoisotopic (exact) mass is 596 g/mol. The number of furan rings is 1. The highest BCUT2D eigenvalue weighted by atomic mass is 16.3. The van der Waals surface area contributed by atoms with Gasteiger partial charge in [-0.2, -0.15) is 0 Å². The van der Waals surface area contributed by atoms with E-state index in [9.17, 15) is 0 Å². The molecule has 0 aliphatic carbocycles. The van der Waals surface area contributed by atoms with Crippen LogP contribution in [0.4, 0.5) is 0 Å². The molecule has 0 unspecified atom stereocenters. The van der Waals surface area contributed by atoms with Crippen molar-refractivity contribution in [2.75, 3.05) is 0 Å². The van der Waals surface area contributed by atoms with Crippen LogP contribution in [0.2, 0.25) is 0 Å². The summed E-state index contributed by atoms with van der Waals surface area (Å²) in [5.41, 5.74) is 9.27. The molecule has 0 aliphatic heterocycles. The SMILES string of the molecule is c1ccc(-c2ccc3cc(-c4c5ccccc5c(-c5cccc6oc7c8ccccc8ccc7c56)c5ccccc45)ccc3c2)cc1. The Bertz CT molecular complexity index is 2780. The minimum absolute atomic E-state index is 0.912. The lowest BCUT2D eigenvalue weighted by molar-refractivity contribution is 0.673. The van der Waals surface area contributed by atoms with E-state index in [0.29, 0.717) is 0 Å². The molecule has 9 aromatic carbocycles. The summed E-state index contributed by atoms with van der Waals surface area (Å²) in [5.74, 6) is 0. The average Bonchev–Trinajstić information content (AvgIpc) is 3.54. The highest BCUT2D eigenvalue weighted by Crippen LogP contribution is 2.47. The van der Waals surface area contributed by atoms with Crippen LogP contribution in [0.5, 0.6) is 0 Å². The Labute approximate surface area is 271 Å². The topological polar surface area (TPSA) is 13.1 Å². The highest BCUT2D eigenvalue weighted by molar-refractivity contribution is 6.27. The molecule has 0 bridgehead atoms. The molecule has 1 heterocycles. The second kappa shape index (κ2) is 10.2. The molecule has 0 spiro atoms. The molecule has 0 saturated heterocycles. The quantitative estimate of drug-likeness (QED) is 0.185. The van der Waals surface area contributed by atoms with E-state index in [0.717, 1.165) is 27.3 Å². The second-order valence-corrected chi connectivity index (χ2v) is 12.4. The maximum absolute atomic E-state index is 6.62. The molecule has 218 valence electrons. The third kappa shape index (κ3) is 3.97. The Balaban J connectivity index is 1.25. The molecule has 1 aromatic heterocycles. The minimum Gasteiger partial charge on any atom is -0.455 e. The Morgan fingerprint density at radius 2 is 0.894 bits per heavy atom. The summed E-state index contributed by atoms with van der Waals surface area (Å²) in [7, 11) is 0. The van der Waals surface area contributed by atoms with E-state index >= 15 is 0 Å². The fraction of sp³-hybridized carbons (Fsp3) is 0. The summed E-state index contributed by atoms with van der Waals surface area (Å²) >= 11 is 0. The van der Waals surface area contributed by atoms with Crippen molar-refractivity contribution in [2.24, 2.45) is 0 Å². The summed E-state index contributed by atoms with van der Waals surface area (Å²) < 4.78 is 6.62. The molecule has 0 saturated carbocycles. The first kappa shape index (κ1) is 26.1. The van der Waals surface area contributed by atoms with Crippen LogP contribution in [0.25, 0.3) is 98.4 Å². The maximum Gasteiger partial charge on any atom is 0.143 e. The number of rotatable bonds is 3. The normalized spacial score (nSPS) is 11.8. The molecule has 47 heavy (non-hydrogen) atoms. The molecule has 0 radical (unpaired) electrons. The maximum atomic E-state index is 6.62. The van der Waals surface area contributed by atoms with Gasteiger partial charge in [-0.05, 0) is 95.3 Å². The van der Waals surface area contributed by atoms with Gasteiger partial charge in [-0.15, -0.1) is 0 Å². The first-order chi connectivity index (χ1) is 23.3. The third-order valence-electron chi connectivity index (χ3n) is 9.82. The van der Waals surface area contributed by atoms with Crippen LogP contribution in [0.3, 0.4) is 0 Å². The lowest BCUT2D eigenvalue weighted by Crippen LogP contribution is -1.91. The summed E-state index contributed by atoms with van der Waals surface area (Å²) in [5, 5.41) is 12.1. The van der Waals surface area contributed by atoms with Gasteiger partial charge in [0.15, 0.2) is 0 Å². The average molecular weight is 597 g/mol. The molecule has 0 aliphatic rings. The summed E-state index contributed by atoms with van der Waals surface area (Å²) in [6, 6.07) is 61.5. The Morgan fingerprint density at radius 3 is 1.62 bits per heavy atom. The van der Waals surface area contributed by atoms with E-state index < -0.39 is 0 Å². The number of fused-ring (bicyclic) bond motifs is 8. The van der Waals surface area contributed by atoms with Gasteiger partial charge in [0, 0.05) is 16.2 Å². The van der Waals surface area contributed by atoms with E-state index in [2.05, 4.69) is 170 Å². The van der Waals surface area contributed by atoms with Crippen molar-refractivity contribution in [1.82, 2.24) is 0 Å². The highest BCUT2D eigenvalue weighted by Gasteiger charge is 2.21. The van der Waals surface area contributed by atoms with Gasteiger partial charge in [0.05, 0.1) is 0 Å². The van der Waals surface area contributed by atoms with Crippen molar-refractivity contribution in [1.29, 1.82) is 0 Å². The van der Waals surface area contributed by atoms with Gasteiger partial charge in [0.25, 0.3) is 0 Å². The van der Waals surface area contributed by atoms with E-state index in [1.54, 1.807) is 0 Å². The molecular weight excluding hydrogens is 569 g/mol. The molecule has 0 atom stereocenters. The fourth-order valence-electron chi connectivity index (χ4n) is 7.70. The van der Waals surface area contributed by atoms with Gasteiger partial charge in [0.1, 0.15) is 11.2 Å². The molecule has 10 aromatic rings. The lowest BCUT2D eigenvalue weighted by Gasteiger charge is -2.18. The van der Waals surface area contributed by atoms with Crippen LogP contribution in [0.15, 0.2) is 174 Å². The van der Waals surface area contributed by atoms with Crippen LogP contribution in [-0.4, -0.2) is 0 Å². The number of hydrogen-bond acceptors (Lipinski definition) is 1. The zero-order chi connectivity index (χ0) is 30.9. The molecular formula is C46H28O. The minimum atomic E-state index is 0.912. The van der Waals surface area contributed by atoms with Crippen molar-refractivity contribution in [3.8, 4) is 33.4 Å². The van der Waals surface area contributed by atoms with Crippen molar-refractivity contribution >= 4 is 65.0 Å². The Morgan fingerprint density at radius 1 is 0.319 bits per heavy atom. The van der Waals surface area contributed by atoms with Crippen LogP contribution in [-0.2, 0) is 0 Å². The standard InChI is InChI=1S/C46H28O/c1-2-11-29(12-3-1)31-21-22-33-28-34(24-23-32(33)27-31)43-36-15-6-8-17-38(36)44(39-18-9-7-16-37(39)43)40-19-10-20-42-45(40)41-26-25-30-13-4-5-14-35(30)46(41)47-42/h1-28H. The van der Waals surface area contributed by atoms with Crippen LogP contribution in [0.1, 0.15) is 0 Å². The predicted molar refractivity (Wildman–Crippen MR) is 200 cm³/mol. The van der Waals surface area contributed by atoms with Gasteiger partial charge in [-0.3, -0.25) is 0 Å². The largest absolute Gasteiger partial charge is 0.455 e. The first-order valence-electron chi connectivity index (χ1n) is 16.2. The predicted octanol–water partition coefficient (Wildman–Crippen LogP) is 13.2. The number of hydrogen-bond donors (Lipinski definition) is 0. The van der Waals surface area contributed by atoms with Gasteiger partial charge in [-0.1, -0.05) is 146 Å². The Kier molecular flexibility index (Phi) is 5.64. The first-order valence-corrected chi connectivity index (χ1v) is 16.2. The molecule has 10 rings (SSSR count). The third-order valence-corrected chi connectivity index (χ3v) is 9.82. The second-order valence-electron chi connectivity index (χ2n) is 12.4. The van der Waals surface area contributed by atoms with Crippen LogP contribution >= 0.6 is 0 Å². The van der Waals surface area contributed by atoms with E-state index in [1.807, 2.05) is 0 Å². The lowest BCUT2D eigenvalue weighted by atomic mass is 9.84. The Hall–Kier alpha value is -6.18. The molecule has 1 heteroatoms. The van der Waals surface area contributed by atoms with Gasteiger partial charge in [-0.25, -0.2) is 0 Å². The van der Waals surface area contributed by atoms with Gasteiger partial charge >= 0.3 is 0 Å². The number of benzene rings is 9. The van der Waals surface area contributed by atoms with Crippen LogP contribution in [0, 0.1) is 0 Å². The zero-order valence-corrected chi connectivity index (χ0v) is 25.6. The van der Waals surface area contributed by atoms with Gasteiger partial charge in [0.2, 0.25) is 0 Å². The summed E-state index contributed by atoms with van der Waals surface area (Å²) in [6.07, 6.45) is 0. The molecule has 0 fully saturated rings. The van der Waals surface area contributed by atoms with Crippen molar-refractivity contribution in [2.45, 2.75) is 0 Å². The summed E-state index contributed by atoms with van der Waals surface area (Å²) in [6.45, 7) is 0. The van der Waals surface area contributed by atoms with Crippen molar-refractivity contribution in [3.63, 3.8) is 0 Å². The summed E-state index contributed by atoms with van der Waals surface area (Å²) in [4.78, 5) is 0. The molecule has 0 amide bonds. The van der Waals surface area contributed by atoms with Gasteiger partial charge < -0.3 is 4.42 Å². The fourth-order valence-corrected chi connectivity index (χ4v) is 7.70. The van der Waals surface area contributed by atoms with Crippen LogP contribution < -0.4 is 0 Å².